The lowest BCUT2D eigenvalue weighted by atomic mass is 10.2. The van der Waals surface area contributed by atoms with E-state index in [4.69, 9.17) is 15.2 Å². The zero-order valence-corrected chi connectivity index (χ0v) is 9.74. The summed E-state index contributed by atoms with van der Waals surface area (Å²) >= 11 is 0. The zero-order chi connectivity index (χ0) is 11.6. The molecule has 16 heavy (non-hydrogen) atoms. The molecule has 5 nitrogen and oxygen atoms in total. The smallest absolute Gasteiger partial charge is 0.222 e. The van der Waals surface area contributed by atoms with E-state index in [1.165, 1.54) is 0 Å². The van der Waals surface area contributed by atoms with Crippen LogP contribution in [0.1, 0.15) is 25.7 Å². The summed E-state index contributed by atoms with van der Waals surface area (Å²) in [4.78, 5) is 11.4. The van der Waals surface area contributed by atoms with Gasteiger partial charge in [0.15, 0.2) is 0 Å². The Balaban J connectivity index is 1.89. The third-order valence-corrected chi connectivity index (χ3v) is 2.49. The Labute approximate surface area is 96.7 Å². The second-order valence-corrected chi connectivity index (χ2v) is 3.94. The number of amides is 1. The molecule has 1 amide bonds. The molecule has 1 saturated heterocycles. The summed E-state index contributed by atoms with van der Waals surface area (Å²) in [7, 11) is 0. The second-order valence-electron chi connectivity index (χ2n) is 3.94. The maximum Gasteiger partial charge on any atom is 0.222 e. The van der Waals surface area contributed by atoms with E-state index in [0.717, 1.165) is 25.9 Å². The van der Waals surface area contributed by atoms with E-state index in [-0.39, 0.29) is 12.0 Å². The fourth-order valence-electron chi connectivity index (χ4n) is 1.67. The Morgan fingerprint density at radius 3 is 3.06 bits per heavy atom. The van der Waals surface area contributed by atoms with E-state index in [9.17, 15) is 4.79 Å². The van der Waals surface area contributed by atoms with Gasteiger partial charge in [0, 0.05) is 26.3 Å². The Morgan fingerprint density at radius 1 is 1.50 bits per heavy atom. The van der Waals surface area contributed by atoms with Crippen molar-refractivity contribution in [1.82, 2.24) is 5.32 Å². The number of carbonyl (C=O) groups is 1. The average Bonchev–Trinajstić information content (AvgIpc) is 2.76. The number of carbonyl (C=O) groups excluding carboxylic acids is 1. The molecule has 0 aliphatic carbocycles. The van der Waals surface area contributed by atoms with Gasteiger partial charge in [-0.25, -0.2) is 0 Å². The summed E-state index contributed by atoms with van der Waals surface area (Å²) in [6, 6.07) is 0. The van der Waals surface area contributed by atoms with Crippen LogP contribution in [0.4, 0.5) is 0 Å². The van der Waals surface area contributed by atoms with Gasteiger partial charge in [0.25, 0.3) is 0 Å². The largest absolute Gasteiger partial charge is 0.380 e. The van der Waals surface area contributed by atoms with Crippen LogP contribution in [0.3, 0.4) is 0 Å². The highest BCUT2D eigenvalue weighted by molar-refractivity contribution is 5.76. The summed E-state index contributed by atoms with van der Waals surface area (Å²) < 4.78 is 10.6. The molecule has 94 valence electrons. The number of hydrogen-bond acceptors (Lipinski definition) is 4. The fourth-order valence-corrected chi connectivity index (χ4v) is 1.67. The standard InChI is InChI=1S/C11H22N2O3/c12-4-8-15-6-2-5-13-11(14)9-10-3-1-7-16-10/h10H,1-9,12H2,(H,13,14). The van der Waals surface area contributed by atoms with Crippen LogP contribution >= 0.6 is 0 Å². The van der Waals surface area contributed by atoms with Crippen molar-refractivity contribution >= 4 is 5.91 Å². The molecule has 5 heteroatoms. The third-order valence-electron chi connectivity index (χ3n) is 2.49. The quantitative estimate of drug-likeness (QED) is 0.577. The Hall–Kier alpha value is -0.650. The van der Waals surface area contributed by atoms with E-state index in [1.807, 2.05) is 0 Å². The molecule has 1 rings (SSSR count). The summed E-state index contributed by atoms with van der Waals surface area (Å²) in [6.45, 7) is 3.24. The molecule has 1 unspecified atom stereocenters. The first-order chi connectivity index (χ1) is 7.83. The van der Waals surface area contributed by atoms with E-state index >= 15 is 0 Å². The minimum atomic E-state index is 0.0747. The molecule has 0 aromatic heterocycles. The van der Waals surface area contributed by atoms with Gasteiger partial charge in [0.2, 0.25) is 5.91 Å². The monoisotopic (exact) mass is 230 g/mol. The van der Waals surface area contributed by atoms with Crippen LogP contribution in [0.25, 0.3) is 0 Å². The maximum atomic E-state index is 11.4. The molecule has 3 N–H and O–H groups in total. The van der Waals surface area contributed by atoms with Gasteiger partial charge in [-0.1, -0.05) is 0 Å². The summed E-state index contributed by atoms with van der Waals surface area (Å²) in [6.07, 6.45) is 3.53. The maximum absolute atomic E-state index is 11.4. The number of rotatable bonds is 8. The topological polar surface area (TPSA) is 73.6 Å². The van der Waals surface area contributed by atoms with Crippen molar-refractivity contribution in [2.24, 2.45) is 5.73 Å². The predicted molar refractivity (Wildman–Crippen MR) is 61.1 cm³/mol. The normalized spacial score (nSPS) is 19.9. The van der Waals surface area contributed by atoms with Gasteiger partial charge in [0.1, 0.15) is 0 Å². The number of ether oxygens (including phenoxy) is 2. The second kappa shape index (κ2) is 8.50. The SMILES string of the molecule is NCCOCCCNC(=O)CC1CCCO1. The summed E-state index contributed by atoms with van der Waals surface area (Å²) in [5.74, 6) is 0.0747. The van der Waals surface area contributed by atoms with Crippen molar-refractivity contribution < 1.29 is 14.3 Å². The van der Waals surface area contributed by atoms with Crippen molar-refractivity contribution in [3.8, 4) is 0 Å². The molecule has 1 fully saturated rings. The lowest BCUT2D eigenvalue weighted by molar-refractivity contribution is -0.123. The lowest BCUT2D eigenvalue weighted by Gasteiger charge is -2.09. The zero-order valence-electron chi connectivity index (χ0n) is 9.74. The van der Waals surface area contributed by atoms with Crippen LogP contribution in [0.15, 0.2) is 0 Å². The Bertz CT molecular complexity index is 194. The minimum Gasteiger partial charge on any atom is -0.380 e. The van der Waals surface area contributed by atoms with Crippen molar-refractivity contribution in [2.45, 2.75) is 31.8 Å². The van der Waals surface area contributed by atoms with Crippen LogP contribution in [0.2, 0.25) is 0 Å². The fraction of sp³-hybridized carbons (Fsp3) is 0.909. The molecular weight excluding hydrogens is 208 g/mol. The van der Waals surface area contributed by atoms with Crippen LogP contribution in [-0.4, -0.2) is 44.9 Å². The van der Waals surface area contributed by atoms with Gasteiger partial charge < -0.3 is 20.5 Å². The van der Waals surface area contributed by atoms with E-state index in [2.05, 4.69) is 5.32 Å². The van der Waals surface area contributed by atoms with Gasteiger partial charge in [-0.2, -0.15) is 0 Å². The highest BCUT2D eigenvalue weighted by Crippen LogP contribution is 2.14. The van der Waals surface area contributed by atoms with Gasteiger partial charge in [-0.15, -0.1) is 0 Å². The highest BCUT2D eigenvalue weighted by atomic mass is 16.5. The van der Waals surface area contributed by atoms with Crippen molar-refractivity contribution in [3.63, 3.8) is 0 Å². The van der Waals surface area contributed by atoms with E-state index in [1.54, 1.807) is 0 Å². The first-order valence-electron chi connectivity index (χ1n) is 5.99. The number of nitrogens with two attached hydrogens (primary N) is 1. The molecule has 0 spiro atoms. The molecule has 1 aliphatic rings. The molecule has 1 atom stereocenters. The first-order valence-corrected chi connectivity index (χ1v) is 5.99. The van der Waals surface area contributed by atoms with Crippen LogP contribution in [-0.2, 0) is 14.3 Å². The van der Waals surface area contributed by atoms with E-state index in [0.29, 0.717) is 32.7 Å². The van der Waals surface area contributed by atoms with Crippen LogP contribution in [0.5, 0.6) is 0 Å². The number of hydrogen-bond donors (Lipinski definition) is 2. The van der Waals surface area contributed by atoms with Gasteiger partial charge in [0.05, 0.1) is 19.1 Å². The number of nitrogens with one attached hydrogen (secondary N) is 1. The predicted octanol–water partition coefficient (Wildman–Crippen LogP) is 0.0371. The molecule has 0 radical (unpaired) electrons. The molecule has 0 bridgehead atoms. The van der Waals surface area contributed by atoms with Crippen LogP contribution < -0.4 is 11.1 Å². The molecule has 0 aromatic carbocycles. The summed E-state index contributed by atoms with van der Waals surface area (Å²) in [5.41, 5.74) is 5.27. The molecule has 0 saturated carbocycles. The minimum absolute atomic E-state index is 0.0747. The first kappa shape index (κ1) is 13.4. The summed E-state index contributed by atoms with van der Waals surface area (Å²) in [5, 5.41) is 2.86. The third kappa shape index (κ3) is 6.05. The Kier molecular flexibility index (Phi) is 7.12. The van der Waals surface area contributed by atoms with E-state index < -0.39 is 0 Å². The van der Waals surface area contributed by atoms with Crippen molar-refractivity contribution in [3.05, 3.63) is 0 Å². The molecular formula is C11H22N2O3. The lowest BCUT2D eigenvalue weighted by Crippen LogP contribution is -2.28. The van der Waals surface area contributed by atoms with Gasteiger partial charge >= 0.3 is 0 Å². The molecule has 1 aliphatic heterocycles. The molecule has 0 aromatic rings. The Morgan fingerprint density at radius 2 is 2.38 bits per heavy atom. The van der Waals surface area contributed by atoms with Crippen LogP contribution in [0, 0.1) is 0 Å². The highest BCUT2D eigenvalue weighted by Gasteiger charge is 2.18. The van der Waals surface area contributed by atoms with Crippen molar-refractivity contribution in [1.29, 1.82) is 0 Å². The van der Waals surface area contributed by atoms with Gasteiger partial charge in [-0.3, -0.25) is 4.79 Å². The molecule has 1 heterocycles. The average molecular weight is 230 g/mol. The van der Waals surface area contributed by atoms with Crippen molar-refractivity contribution in [2.75, 3.05) is 32.9 Å². The van der Waals surface area contributed by atoms with Gasteiger partial charge in [-0.05, 0) is 19.3 Å².